The van der Waals surface area contributed by atoms with Crippen LogP contribution in [0.3, 0.4) is 0 Å². The summed E-state index contributed by atoms with van der Waals surface area (Å²) in [7, 11) is 0. The van der Waals surface area contributed by atoms with Gasteiger partial charge in [0.25, 0.3) is 5.91 Å². The lowest BCUT2D eigenvalue weighted by molar-refractivity contribution is 0.102. The van der Waals surface area contributed by atoms with Crippen molar-refractivity contribution in [2.24, 2.45) is 0 Å². The standard InChI is InChI=1S/C21H14ClN3O3/c22-16-11-5-7-13-18(16)27-17-12-6-4-10-15(17)19(26)23-21-25-24-20(28-21)14-8-2-1-3-9-14/h1-13H,(H,23,25,26). The van der Waals surface area contributed by atoms with Gasteiger partial charge in [0, 0.05) is 5.56 Å². The van der Waals surface area contributed by atoms with Gasteiger partial charge >= 0.3 is 6.01 Å². The minimum absolute atomic E-state index is 0.00333. The molecule has 1 aromatic heterocycles. The zero-order valence-electron chi connectivity index (χ0n) is 14.5. The number of hydrogen-bond acceptors (Lipinski definition) is 5. The van der Waals surface area contributed by atoms with Gasteiger partial charge < -0.3 is 9.15 Å². The lowest BCUT2D eigenvalue weighted by Crippen LogP contribution is -2.13. The average molecular weight is 392 g/mol. The molecule has 0 aliphatic heterocycles. The molecule has 3 aromatic carbocycles. The number of anilines is 1. The van der Waals surface area contributed by atoms with Crippen molar-refractivity contribution in [3.8, 4) is 23.0 Å². The number of rotatable bonds is 5. The van der Waals surface area contributed by atoms with Crippen LogP contribution in [0.25, 0.3) is 11.5 Å². The summed E-state index contributed by atoms with van der Waals surface area (Å²) in [5, 5.41) is 10.9. The fourth-order valence-electron chi connectivity index (χ4n) is 2.52. The number of amides is 1. The van der Waals surface area contributed by atoms with Gasteiger partial charge in [0.2, 0.25) is 5.89 Å². The van der Waals surface area contributed by atoms with Crippen molar-refractivity contribution in [2.75, 3.05) is 5.32 Å². The molecule has 1 heterocycles. The first-order valence-electron chi connectivity index (χ1n) is 8.42. The van der Waals surface area contributed by atoms with Crippen LogP contribution >= 0.6 is 11.6 Å². The van der Waals surface area contributed by atoms with E-state index in [1.807, 2.05) is 30.3 Å². The molecule has 28 heavy (non-hydrogen) atoms. The van der Waals surface area contributed by atoms with Crippen LogP contribution in [0, 0.1) is 0 Å². The fraction of sp³-hybridized carbons (Fsp3) is 0. The van der Waals surface area contributed by atoms with Gasteiger partial charge in [-0.2, -0.15) is 0 Å². The minimum Gasteiger partial charge on any atom is -0.455 e. The summed E-state index contributed by atoms with van der Waals surface area (Å²) in [6.07, 6.45) is 0. The van der Waals surface area contributed by atoms with Crippen molar-refractivity contribution in [1.29, 1.82) is 0 Å². The first kappa shape index (κ1) is 17.8. The summed E-state index contributed by atoms with van der Waals surface area (Å²) < 4.78 is 11.3. The van der Waals surface area contributed by atoms with E-state index in [0.29, 0.717) is 28.0 Å². The second-order valence-electron chi connectivity index (χ2n) is 5.76. The molecule has 0 aliphatic rings. The van der Waals surface area contributed by atoms with E-state index >= 15 is 0 Å². The number of hydrogen-bond donors (Lipinski definition) is 1. The van der Waals surface area contributed by atoms with Gasteiger partial charge in [0.15, 0.2) is 0 Å². The van der Waals surface area contributed by atoms with E-state index in [9.17, 15) is 4.79 Å². The Morgan fingerprint density at radius 3 is 2.32 bits per heavy atom. The maximum Gasteiger partial charge on any atom is 0.322 e. The predicted molar refractivity (Wildman–Crippen MR) is 106 cm³/mol. The molecular weight excluding hydrogens is 378 g/mol. The molecule has 7 heteroatoms. The third-order valence-electron chi connectivity index (χ3n) is 3.85. The molecule has 1 amide bonds. The van der Waals surface area contributed by atoms with Crippen LogP contribution in [-0.4, -0.2) is 16.1 Å². The highest BCUT2D eigenvalue weighted by molar-refractivity contribution is 6.32. The van der Waals surface area contributed by atoms with Crippen molar-refractivity contribution < 1.29 is 13.9 Å². The maximum atomic E-state index is 12.7. The first-order valence-corrected chi connectivity index (χ1v) is 8.80. The molecule has 0 saturated carbocycles. The van der Waals surface area contributed by atoms with E-state index in [2.05, 4.69) is 15.5 Å². The molecule has 4 rings (SSSR count). The number of carbonyl (C=O) groups excluding carboxylic acids is 1. The summed E-state index contributed by atoms with van der Waals surface area (Å²) in [6, 6.07) is 23.1. The number of ether oxygens (including phenoxy) is 1. The molecule has 0 bridgehead atoms. The smallest absolute Gasteiger partial charge is 0.322 e. The Labute approximate surface area is 165 Å². The molecule has 1 N–H and O–H groups in total. The van der Waals surface area contributed by atoms with Gasteiger partial charge in [-0.3, -0.25) is 10.1 Å². The molecule has 6 nitrogen and oxygen atoms in total. The maximum absolute atomic E-state index is 12.7. The highest BCUT2D eigenvalue weighted by Gasteiger charge is 2.17. The summed E-state index contributed by atoms with van der Waals surface area (Å²) in [5.74, 6) is 0.687. The number of nitrogens with zero attached hydrogens (tertiary/aromatic N) is 2. The summed E-state index contributed by atoms with van der Waals surface area (Å²) >= 11 is 6.14. The Kier molecular flexibility index (Phi) is 5.03. The predicted octanol–water partition coefficient (Wildman–Crippen LogP) is 5.43. The molecule has 0 saturated heterocycles. The average Bonchev–Trinajstić information content (AvgIpc) is 3.19. The molecule has 0 radical (unpaired) electrons. The second kappa shape index (κ2) is 7.94. The summed E-state index contributed by atoms with van der Waals surface area (Å²) in [5.41, 5.74) is 1.07. The molecule has 4 aromatic rings. The lowest BCUT2D eigenvalue weighted by atomic mass is 10.2. The van der Waals surface area contributed by atoms with Crippen molar-refractivity contribution in [3.63, 3.8) is 0 Å². The van der Waals surface area contributed by atoms with E-state index in [4.69, 9.17) is 20.8 Å². The Morgan fingerprint density at radius 2 is 1.54 bits per heavy atom. The van der Waals surface area contributed by atoms with Crippen LogP contribution in [0.5, 0.6) is 11.5 Å². The Bertz CT molecular complexity index is 1110. The van der Waals surface area contributed by atoms with Crippen LogP contribution in [0.4, 0.5) is 6.01 Å². The molecule has 0 fully saturated rings. The second-order valence-corrected chi connectivity index (χ2v) is 6.17. The summed E-state index contributed by atoms with van der Waals surface area (Å²) in [4.78, 5) is 12.7. The highest BCUT2D eigenvalue weighted by atomic mass is 35.5. The topological polar surface area (TPSA) is 77.3 Å². The Hall–Kier alpha value is -3.64. The van der Waals surface area contributed by atoms with Crippen molar-refractivity contribution in [1.82, 2.24) is 10.2 Å². The van der Waals surface area contributed by atoms with E-state index in [0.717, 1.165) is 5.56 Å². The van der Waals surface area contributed by atoms with Gasteiger partial charge in [0.1, 0.15) is 11.5 Å². The first-order chi connectivity index (χ1) is 13.7. The molecule has 138 valence electrons. The lowest BCUT2D eigenvalue weighted by Gasteiger charge is -2.11. The molecular formula is C21H14ClN3O3. The zero-order valence-corrected chi connectivity index (χ0v) is 15.3. The van der Waals surface area contributed by atoms with Crippen LogP contribution in [0.2, 0.25) is 5.02 Å². The molecule has 0 spiro atoms. The van der Waals surface area contributed by atoms with Crippen LogP contribution < -0.4 is 10.1 Å². The Balaban J connectivity index is 1.55. The van der Waals surface area contributed by atoms with Crippen LogP contribution in [-0.2, 0) is 0 Å². The van der Waals surface area contributed by atoms with Crippen molar-refractivity contribution in [2.45, 2.75) is 0 Å². The molecule has 0 atom stereocenters. The van der Waals surface area contributed by atoms with Crippen molar-refractivity contribution in [3.05, 3.63) is 89.4 Å². The van der Waals surface area contributed by atoms with Gasteiger partial charge in [-0.05, 0) is 36.4 Å². The zero-order chi connectivity index (χ0) is 19.3. The quantitative estimate of drug-likeness (QED) is 0.490. The highest BCUT2D eigenvalue weighted by Crippen LogP contribution is 2.31. The minimum atomic E-state index is -0.439. The SMILES string of the molecule is O=C(Nc1nnc(-c2ccccc2)o1)c1ccccc1Oc1ccccc1Cl. The molecule has 0 unspecified atom stereocenters. The number of benzene rings is 3. The number of carbonyl (C=O) groups is 1. The monoisotopic (exact) mass is 391 g/mol. The van der Waals surface area contributed by atoms with E-state index in [-0.39, 0.29) is 6.01 Å². The van der Waals surface area contributed by atoms with E-state index in [1.54, 1.807) is 48.5 Å². The van der Waals surface area contributed by atoms with Gasteiger partial charge in [-0.15, -0.1) is 5.10 Å². The van der Waals surface area contributed by atoms with E-state index in [1.165, 1.54) is 0 Å². The molecule has 0 aliphatic carbocycles. The number of halogens is 1. The third kappa shape index (κ3) is 3.87. The number of nitrogens with one attached hydrogen (secondary N) is 1. The summed E-state index contributed by atoms with van der Waals surface area (Å²) in [6.45, 7) is 0. The van der Waals surface area contributed by atoms with Gasteiger partial charge in [-0.1, -0.05) is 59.2 Å². The fourth-order valence-corrected chi connectivity index (χ4v) is 2.70. The van der Waals surface area contributed by atoms with Gasteiger partial charge in [-0.25, -0.2) is 0 Å². The largest absolute Gasteiger partial charge is 0.455 e. The van der Waals surface area contributed by atoms with Crippen LogP contribution in [0.15, 0.2) is 83.3 Å². The van der Waals surface area contributed by atoms with Crippen LogP contribution in [0.1, 0.15) is 10.4 Å². The van der Waals surface area contributed by atoms with E-state index < -0.39 is 5.91 Å². The van der Waals surface area contributed by atoms with Crippen molar-refractivity contribution >= 4 is 23.5 Å². The van der Waals surface area contributed by atoms with Gasteiger partial charge in [0.05, 0.1) is 10.6 Å². The normalized spacial score (nSPS) is 10.5. The third-order valence-corrected chi connectivity index (χ3v) is 4.17. The number of aromatic nitrogens is 2. The number of para-hydroxylation sites is 2. The Morgan fingerprint density at radius 1 is 0.857 bits per heavy atom.